The molecule has 1 aliphatic heterocycles. The summed E-state index contributed by atoms with van der Waals surface area (Å²) in [5.74, 6) is -3.32. The molecule has 0 amide bonds. The average molecular weight is 476 g/mol. The molecule has 0 aromatic heterocycles. The highest BCUT2D eigenvalue weighted by atomic mass is 35.6. The fraction of sp³-hybridized carbons (Fsp3) is 0.714. The van der Waals surface area contributed by atoms with E-state index in [9.17, 15) is 14.4 Å². The van der Waals surface area contributed by atoms with Crippen LogP contribution in [-0.4, -0.2) is 64.8 Å². The van der Waals surface area contributed by atoms with E-state index in [1.807, 2.05) is 0 Å². The summed E-state index contributed by atoms with van der Waals surface area (Å²) in [6.45, 7) is 2.80. The highest BCUT2D eigenvalue weighted by molar-refractivity contribution is 6.76. The summed E-state index contributed by atoms with van der Waals surface area (Å²) in [5, 5.41) is 11.1. The Morgan fingerprint density at radius 1 is 1.00 bits per heavy atom. The second-order valence-corrected chi connectivity index (χ2v) is 7.90. The largest absolute Gasteiger partial charge is 0.456 e. The summed E-state index contributed by atoms with van der Waals surface area (Å²) >= 11 is 16.8. The number of azide groups is 1. The minimum absolute atomic E-state index is 0.389. The van der Waals surface area contributed by atoms with Gasteiger partial charge in [-0.05, 0) is 5.53 Å². The van der Waals surface area contributed by atoms with Crippen LogP contribution in [0.3, 0.4) is 0 Å². The quantitative estimate of drug-likeness (QED) is 0.0890. The van der Waals surface area contributed by atoms with E-state index in [0.29, 0.717) is 0 Å². The lowest BCUT2D eigenvalue weighted by Crippen LogP contribution is -2.63. The SMILES string of the molecule is CC(=O)O[C@@H]1[C@@H](OC(C)=O)[C@@H](OC(=N)C(Cl)(Cl)Cl)O[C@H](CN=[N+]=[N-])[C@H]1OC(C)=O. The predicted molar refractivity (Wildman–Crippen MR) is 98.4 cm³/mol. The number of rotatable bonds is 6. The van der Waals surface area contributed by atoms with E-state index in [0.717, 1.165) is 20.8 Å². The number of hydrogen-bond acceptors (Lipinski definition) is 10. The van der Waals surface area contributed by atoms with E-state index >= 15 is 0 Å². The van der Waals surface area contributed by atoms with Crippen LogP contribution in [0.5, 0.6) is 0 Å². The molecule has 0 bridgehead atoms. The van der Waals surface area contributed by atoms with Crippen LogP contribution in [-0.2, 0) is 38.1 Å². The van der Waals surface area contributed by atoms with Gasteiger partial charge < -0.3 is 23.7 Å². The number of alkyl halides is 3. The molecule has 0 radical (unpaired) electrons. The van der Waals surface area contributed by atoms with Crippen molar-refractivity contribution in [3.05, 3.63) is 10.4 Å². The smallest absolute Gasteiger partial charge is 0.303 e. The van der Waals surface area contributed by atoms with Crippen molar-refractivity contribution in [1.29, 1.82) is 5.41 Å². The van der Waals surface area contributed by atoms with Gasteiger partial charge in [-0.3, -0.25) is 19.8 Å². The van der Waals surface area contributed by atoms with Crippen molar-refractivity contribution < 1.29 is 38.1 Å². The molecule has 0 aromatic rings. The Bertz CT molecular complexity index is 709. The Labute approximate surface area is 179 Å². The Morgan fingerprint density at radius 3 is 1.93 bits per heavy atom. The molecule has 1 fully saturated rings. The standard InChI is InChI=1S/C14H17Cl3N4O8/c1-5(22)25-9-8(4-20-21-19)28-12(29-13(18)14(15,16)17)11(27-7(3)24)10(9)26-6(2)23/h8-12,18H,4H2,1-3H3/t8-,9-,10+,11-,12-/m1/s1. The van der Waals surface area contributed by atoms with Crippen LogP contribution in [0.15, 0.2) is 5.11 Å². The van der Waals surface area contributed by atoms with E-state index in [2.05, 4.69) is 10.0 Å². The fourth-order valence-electron chi connectivity index (χ4n) is 2.40. The minimum atomic E-state index is -2.28. The van der Waals surface area contributed by atoms with Crippen molar-refractivity contribution in [3.63, 3.8) is 0 Å². The maximum absolute atomic E-state index is 11.6. The maximum Gasteiger partial charge on any atom is 0.303 e. The Hall–Kier alpha value is -1.98. The van der Waals surface area contributed by atoms with Gasteiger partial charge in [-0.25, -0.2) is 0 Å². The molecule has 1 saturated heterocycles. The zero-order valence-electron chi connectivity index (χ0n) is 15.3. The first kappa shape index (κ1) is 25.1. The molecule has 15 heteroatoms. The van der Waals surface area contributed by atoms with Crippen molar-refractivity contribution in [2.45, 2.75) is 55.3 Å². The number of carbonyl (C=O) groups is 3. The van der Waals surface area contributed by atoms with Crippen molar-refractivity contribution >= 4 is 58.6 Å². The van der Waals surface area contributed by atoms with E-state index in [-0.39, 0.29) is 6.54 Å². The lowest BCUT2D eigenvalue weighted by atomic mass is 9.97. The molecule has 0 aromatic carbocycles. The Kier molecular flexibility index (Phi) is 9.24. The van der Waals surface area contributed by atoms with Gasteiger partial charge in [-0.1, -0.05) is 39.9 Å². The average Bonchev–Trinajstić information content (AvgIpc) is 2.56. The van der Waals surface area contributed by atoms with Crippen LogP contribution in [0.2, 0.25) is 0 Å². The number of ether oxygens (including phenoxy) is 5. The molecule has 12 nitrogen and oxygen atoms in total. The molecule has 1 rings (SSSR count). The number of carbonyl (C=O) groups excluding carboxylic acids is 3. The van der Waals surface area contributed by atoms with Gasteiger partial charge in [0.25, 0.3) is 3.79 Å². The second kappa shape index (κ2) is 10.7. The number of nitrogens with one attached hydrogen (secondary N) is 1. The van der Waals surface area contributed by atoms with Crippen LogP contribution in [0, 0.1) is 5.41 Å². The summed E-state index contributed by atoms with van der Waals surface area (Å²) in [4.78, 5) is 37.3. The summed E-state index contributed by atoms with van der Waals surface area (Å²) < 4.78 is 23.8. The number of esters is 3. The Balaban J connectivity index is 3.39. The third kappa shape index (κ3) is 7.75. The predicted octanol–water partition coefficient (Wildman–Crippen LogP) is 2.18. The van der Waals surface area contributed by atoms with Gasteiger partial charge in [-0.15, -0.1) is 0 Å². The van der Waals surface area contributed by atoms with Crippen molar-refractivity contribution in [2.75, 3.05) is 6.54 Å². The number of hydrogen-bond donors (Lipinski definition) is 1. The molecule has 0 saturated carbocycles. The molecular weight excluding hydrogens is 459 g/mol. The number of nitrogens with zero attached hydrogens (tertiary/aromatic N) is 3. The molecule has 162 valence electrons. The zero-order valence-corrected chi connectivity index (χ0v) is 17.6. The monoisotopic (exact) mass is 474 g/mol. The fourth-order valence-corrected chi connectivity index (χ4v) is 2.53. The summed E-state index contributed by atoms with van der Waals surface area (Å²) in [5.41, 5.74) is 8.59. The third-order valence-corrected chi connectivity index (χ3v) is 3.83. The molecular formula is C14H17Cl3N4O8. The normalized spacial score (nSPS) is 26.5. The molecule has 0 unspecified atom stereocenters. The van der Waals surface area contributed by atoms with Crippen LogP contribution in [0.4, 0.5) is 0 Å². The van der Waals surface area contributed by atoms with Gasteiger partial charge in [0.1, 0.15) is 6.10 Å². The molecule has 1 aliphatic rings. The van der Waals surface area contributed by atoms with Crippen molar-refractivity contribution in [1.82, 2.24) is 0 Å². The van der Waals surface area contributed by atoms with E-state index in [4.69, 9.17) is 69.4 Å². The highest BCUT2D eigenvalue weighted by Gasteiger charge is 2.53. The van der Waals surface area contributed by atoms with Crippen LogP contribution < -0.4 is 0 Å². The highest BCUT2D eigenvalue weighted by Crippen LogP contribution is 2.33. The van der Waals surface area contributed by atoms with Gasteiger partial charge in [0.2, 0.25) is 18.3 Å². The van der Waals surface area contributed by atoms with Crippen LogP contribution >= 0.6 is 34.8 Å². The molecule has 1 N–H and O–H groups in total. The first-order valence-corrected chi connectivity index (χ1v) is 9.00. The Morgan fingerprint density at radius 2 is 1.48 bits per heavy atom. The lowest BCUT2D eigenvalue weighted by Gasteiger charge is -2.44. The van der Waals surface area contributed by atoms with Gasteiger partial charge in [0, 0.05) is 25.7 Å². The summed E-state index contributed by atoms with van der Waals surface area (Å²) in [6, 6.07) is 0. The molecule has 5 atom stereocenters. The van der Waals surface area contributed by atoms with E-state index in [1.54, 1.807) is 0 Å². The van der Waals surface area contributed by atoms with Gasteiger partial charge >= 0.3 is 17.9 Å². The molecule has 0 spiro atoms. The molecule has 1 heterocycles. The third-order valence-electron chi connectivity index (χ3n) is 3.31. The van der Waals surface area contributed by atoms with Crippen LogP contribution in [0.25, 0.3) is 10.4 Å². The van der Waals surface area contributed by atoms with Crippen molar-refractivity contribution in [3.8, 4) is 0 Å². The van der Waals surface area contributed by atoms with Gasteiger partial charge in [0.05, 0.1) is 6.54 Å². The van der Waals surface area contributed by atoms with Gasteiger partial charge in [-0.2, -0.15) is 0 Å². The summed E-state index contributed by atoms with van der Waals surface area (Å²) in [6.07, 6.45) is -7.14. The molecule has 29 heavy (non-hydrogen) atoms. The molecule has 0 aliphatic carbocycles. The minimum Gasteiger partial charge on any atom is -0.456 e. The maximum atomic E-state index is 11.6. The first-order chi connectivity index (χ1) is 13.4. The zero-order chi connectivity index (χ0) is 22.4. The van der Waals surface area contributed by atoms with Crippen LogP contribution in [0.1, 0.15) is 20.8 Å². The first-order valence-electron chi connectivity index (χ1n) is 7.87. The van der Waals surface area contributed by atoms with E-state index < -0.39 is 58.3 Å². The lowest BCUT2D eigenvalue weighted by molar-refractivity contribution is -0.285. The second-order valence-electron chi connectivity index (χ2n) is 5.62. The van der Waals surface area contributed by atoms with Crippen molar-refractivity contribution in [2.24, 2.45) is 5.11 Å². The van der Waals surface area contributed by atoms with E-state index in [1.165, 1.54) is 0 Å². The number of halogens is 3. The topological polar surface area (TPSA) is 170 Å². The van der Waals surface area contributed by atoms with Gasteiger partial charge in [0.15, 0.2) is 12.2 Å². The summed E-state index contributed by atoms with van der Waals surface area (Å²) in [7, 11) is 0.